The maximum absolute atomic E-state index is 12.8. The zero-order chi connectivity index (χ0) is 20.2. The van der Waals surface area contributed by atoms with Gasteiger partial charge in [-0.25, -0.2) is 9.67 Å². The van der Waals surface area contributed by atoms with Crippen LogP contribution in [0.2, 0.25) is 0 Å². The third-order valence-electron chi connectivity index (χ3n) is 4.46. The molecule has 0 N–H and O–H groups in total. The average molecular weight is 405 g/mol. The average Bonchev–Trinajstić information content (AvgIpc) is 2.77. The summed E-state index contributed by atoms with van der Waals surface area (Å²) in [7, 11) is 3.22. The van der Waals surface area contributed by atoms with E-state index >= 15 is 0 Å². The first kappa shape index (κ1) is 19.0. The molecular weight excluding hydrogens is 386 g/mol. The predicted octanol–water partition coefficient (Wildman–Crippen LogP) is 4.01. The molecule has 2 aromatic heterocycles. The molecule has 0 aliphatic rings. The topological polar surface area (TPSA) is 66.2 Å². The van der Waals surface area contributed by atoms with Gasteiger partial charge >= 0.3 is 0 Å². The second-order valence-corrected chi connectivity index (χ2v) is 7.49. The highest BCUT2D eigenvalue weighted by Gasteiger charge is 2.07. The van der Waals surface area contributed by atoms with Crippen molar-refractivity contribution in [3.8, 4) is 11.6 Å². The number of ether oxygens (including phenoxy) is 2. The Morgan fingerprint density at radius 1 is 0.931 bits per heavy atom. The Hall–Kier alpha value is -3.32. The van der Waals surface area contributed by atoms with Crippen LogP contribution in [-0.2, 0) is 6.54 Å². The molecule has 0 aliphatic carbocycles. The van der Waals surface area contributed by atoms with Gasteiger partial charge in [0.1, 0.15) is 5.75 Å². The minimum Gasteiger partial charge on any atom is -0.497 e. The van der Waals surface area contributed by atoms with Crippen molar-refractivity contribution >= 4 is 22.5 Å². The van der Waals surface area contributed by atoms with Crippen molar-refractivity contribution in [2.45, 2.75) is 16.3 Å². The van der Waals surface area contributed by atoms with E-state index in [-0.39, 0.29) is 5.56 Å². The lowest BCUT2D eigenvalue weighted by molar-refractivity contribution is 0.397. The Morgan fingerprint density at radius 2 is 1.72 bits per heavy atom. The van der Waals surface area contributed by atoms with E-state index in [1.54, 1.807) is 44.4 Å². The maximum Gasteiger partial charge on any atom is 0.274 e. The van der Waals surface area contributed by atoms with E-state index < -0.39 is 0 Å². The first-order valence-electron chi connectivity index (χ1n) is 8.97. The normalized spacial score (nSPS) is 10.8. The van der Waals surface area contributed by atoms with Crippen LogP contribution < -0.4 is 15.0 Å². The first-order chi connectivity index (χ1) is 14.2. The van der Waals surface area contributed by atoms with Crippen LogP contribution in [-0.4, -0.2) is 29.0 Å². The Bertz CT molecular complexity index is 1190. The fourth-order valence-electron chi connectivity index (χ4n) is 2.92. The van der Waals surface area contributed by atoms with Crippen molar-refractivity contribution in [2.75, 3.05) is 14.2 Å². The Balaban J connectivity index is 1.57. The van der Waals surface area contributed by atoms with Crippen LogP contribution >= 0.6 is 11.8 Å². The highest BCUT2D eigenvalue weighted by molar-refractivity contribution is 7.99. The molecule has 0 saturated heterocycles. The fourth-order valence-corrected chi connectivity index (χ4v) is 3.79. The minimum atomic E-state index is -0.126. The van der Waals surface area contributed by atoms with E-state index in [2.05, 4.69) is 10.1 Å². The maximum atomic E-state index is 12.8. The lowest BCUT2D eigenvalue weighted by atomic mass is 10.2. The molecule has 0 saturated carbocycles. The van der Waals surface area contributed by atoms with Crippen molar-refractivity contribution in [3.05, 3.63) is 82.9 Å². The fraction of sp³-hybridized carbons (Fsp3) is 0.136. The van der Waals surface area contributed by atoms with Gasteiger partial charge in [-0.15, -0.1) is 0 Å². The van der Waals surface area contributed by atoms with Crippen molar-refractivity contribution < 1.29 is 9.47 Å². The van der Waals surface area contributed by atoms with Gasteiger partial charge in [0.05, 0.1) is 32.3 Å². The van der Waals surface area contributed by atoms with Gasteiger partial charge in [0, 0.05) is 27.4 Å². The van der Waals surface area contributed by atoms with Gasteiger partial charge in [0.2, 0.25) is 5.88 Å². The number of nitrogens with zero attached hydrogens (tertiary/aromatic N) is 3. The first-order valence-corrected chi connectivity index (χ1v) is 9.78. The Labute approximate surface area is 172 Å². The molecule has 29 heavy (non-hydrogen) atoms. The van der Waals surface area contributed by atoms with Crippen LogP contribution in [0, 0.1) is 0 Å². The summed E-state index contributed by atoms with van der Waals surface area (Å²) in [5, 5.41) is 5.79. The SMILES string of the molecule is COc1ccc(Sc2ccc3c(=O)n(Cc4ccc(OC)nc4)ncc3c2)cc1. The van der Waals surface area contributed by atoms with Crippen LogP contribution in [0.5, 0.6) is 11.6 Å². The second-order valence-electron chi connectivity index (χ2n) is 6.34. The van der Waals surface area contributed by atoms with Crippen molar-refractivity contribution in [1.29, 1.82) is 0 Å². The summed E-state index contributed by atoms with van der Waals surface area (Å²) in [5.41, 5.74) is 0.755. The number of benzene rings is 2. The van der Waals surface area contributed by atoms with E-state index in [0.29, 0.717) is 17.8 Å². The zero-order valence-electron chi connectivity index (χ0n) is 16.0. The zero-order valence-corrected chi connectivity index (χ0v) is 16.8. The Morgan fingerprint density at radius 3 is 2.41 bits per heavy atom. The Kier molecular flexibility index (Phi) is 5.48. The van der Waals surface area contributed by atoms with Gasteiger partial charge in [-0.1, -0.05) is 17.8 Å². The van der Waals surface area contributed by atoms with E-state index in [1.165, 1.54) is 4.68 Å². The van der Waals surface area contributed by atoms with Crippen molar-refractivity contribution in [2.24, 2.45) is 0 Å². The molecule has 7 heteroatoms. The number of rotatable bonds is 6. The van der Waals surface area contributed by atoms with Gasteiger partial charge in [-0.2, -0.15) is 5.10 Å². The van der Waals surface area contributed by atoms with E-state index in [1.807, 2.05) is 48.5 Å². The molecule has 0 radical (unpaired) electrons. The van der Waals surface area contributed by atoms with Crippen LogP contribution in [0.4, 0.5) is 0 Å². The van der Waals surface area contributed by atoms with Crippen LogP contribution in [0.1, 0.15) is 5.56 Å². The molecule has 0 atom stereocenters. The van der Waals surface area contributed by atoms with Gasteiger partial charge in [0.15, 0.2) is 0 Å². The summed E-state index contributed by atoms with van der Waals surface area (Å²) >= 11 is 1.63. The highest BCUT2D eigenvalue weighted by atomic mass is 32.2. The highest BCUT2D eigenvalue weighted by Crippen LogP contribution is 2.30. The van der Waals surface area contributed by atoms with Crippen molar-refractivity contribution in [1.82, 2.24) is 14.8 Å². The van der Waals surface area contributed by atoms with Crippen LogP contribution in [0.25, 0.3) is 10.8 Å². The molecule has 0 aliphatic heterocycles. The summed E-state index contributed by atoms with van der Waals surface area (Å²) < 4.78 is 11.7. The second kappa shape index (κ2) is 8.36. The number of pyridine rings is 1. The molecule has 0 fully saturated rings. The monoisotopic (exact) mass is 405 g/mol. The molecule has 4 aromatic rings. The molecule has 0 amide bonds. The molecule has 146 valence electrons. The van der Waals surface area contributed by atoms with Crippen LogP contribution in [0.15, 0.2) is 81.6 Å². The summed E-state index contributed by atoms with van der Waals surface area (Å²) in [5.74, 6) is 1.36. The molecule has 0 spiro atoms. The quantitative estimate of drug-likeness (QED) is 0.483. The number of hydrogen-bond acceptors (Lipinski definition) is 6. The van der Waals surface area contributed by atoms with Crippen molar-refractivity contribution in [3.63, 3.8) is 0 Å². The van der Waals surface area contributed by atoms with E-state index in [4.69, 9.17) is 9.47 Å². The molecule has 0 unspecified atom stereocenters. The molecular formula is C22H19N3O3S. The van der Waals surface area contributed by atoms with Gasteiger partial charge < -0.3 is 9.47 Å². The van der Waals surface area contributed by atoms with Gasteiger partial charge in [-0.05, 0) is 48.0 Å². The van der Waals surface area contributed by atoms with Gasteiger partial charge in [-0.3, -0.25) is 4.79 Å². The lowest BCUT2D eigenvalue weighted by Crippen LogP contribution is -2.23. The predicted molar refractivity (Wildman–Crippen MR) is 113 cm³/mol. The summed E-state index contributed by atoms with van der Waals surface area (Å²) in [6.45, 7) is 0.355. The lowest BCUT2D eigenvalue weighted by Gasteiger charge is -2.08. The third-order valence-corrected chi connectivity index (χ3v) is 5.46. The summed E-state index contributed by atoms with van der Waals surface area (Å²) in [6.07, 6.45) is 3.41. The third kappa shape index (κ3) is 4.25. The molecule has 0 bridgehead atoms. The minimum absolute atomic E-state index is 0.126. The number of aromatic nitrogens is 3. The number of hydrogen-bond donors (Lipinski definition) is 0. The van der Waals surface area contributed by atoms with Gasteiger partial charge in [0.25, 0.3) is 5.56 Å². The molecule has 6 nitrogen and oxygen atoms in total. The van der Waals surface area contributed by atoms with E-state index in [0.717, 1.165) is 26.5 Å². The molecule has 2 heterocycles. The number of methoxy groups -OCH3 is 2. The summed E-state index contributed by atoms with van der Waals surface area (Å²) in [4.78, 5) is 19.1. The smallest absolute Gasteiger partial charge is 0.274 e. The molecule has 4 rings (SSSR count). The molecule has 2 aromatic carbocycles. The van der Waals surface area contributed by atoms with E-state index in [9.17, 15) is 4.79 Å². The van der Waals surface area contributed by atoms with Crippen LogP contribution in [0.3, 0.4) is 0 Å². The number of fused-ring (bicyclic) bond motifs is 1. The largest absolute Gasteiger partial charge is 0.497 e. The summed E-state index contributed by atoms with van der Waals surface area (Å²) in [6, 6.07) is 17.3. The standard InChI is InChI=1S/C22H19N3O3S/c1-27-17-4-6-18(7-5-17)29-19-8-9-20-16(11-19)13-24-25(22(20)26)14-15-3-10-21(28-2)23-12-15/h3-13H,14H2,1-2H3.